The van der Waals surface area contributed by atoms with Crippen molar-refractivity contribution < 1.29 is 4.74 Å². The van der Waals surface area contributed by atoms with Crippen molar-refractivity contribution in [1.29, 1.82) is 0 Å². The smallest absolute Gasteiger partial charge is 0.0724 e. The van der Waals surface area contributed by atoms with Gasteiger partial charge in [-0.2, -0.15) is 0 Å². The number of nitrogens with one attached hydrogen (secondary N) is 1. The zero-order valence-corrected chi connectivity index (χ0v) is 9.80. The van der Waals surface area contributed by atoms with Crippen LogP contribution in [0.15, 0.2) is 0 Å². The maximum absolute atomic E-state index is 5.85. The van der Waals surface area contributed by atoms with E-state index in [2.05, 4.69) is 5.32 Å². The van der Waals surface area contributed by atoms with Crippen LogP contribution in [0, 0.1) is 5.41 Å². The number of hydrogen-bond acceptors (Lipinski definition) is 3. The van der Waals surface area contributed by atoms with E-state index < -0.39 is 0 Å². The fourth-order valence-corrected chi connectivity index (χ4v) is 2.92. The monoisotopic (exact) mass is 212 g/mol. The first-order valence-corrected chi connectivity index (χ1v) is 6.26. The van der Waals surface area contributed by atoms with Gasteiger partial charge in [-0.1, -0.05) is 6.42 Å². The van der Waals surface area contributed by atoms with E-state index in [9.17, 15) is 0 Å². The molecule has 0 radical (unpaired) electrons. The van der Waals surface area contributed by atoms with Crippen molar-refractivity contribution in [2.45, 2.75) is 50.7 Å². The maximum atomic E-state index is 5.85. The van der Waals surface area contributed by atoms with Gasteiger partial charge >= 0.3 is 0 Å². The number of hydrogen-bond donors (Lipinski definition) is 2. The first-order valence-electron chi connectivity index (χ1n) is 6.26. The summed E-state index contributed by atoms with van der Waals surface area (Å²) in [5.41, 5.74) is 6.27. The fraction of sp³-hybridized carbons (Fsp3) is 1.00. The Bertz CT molecular complexity index is 198. The van der Waals surface area contributed by atoms with Gasteiger partial charge in [0.15, 0.2) is 0 Å². The molecule has 0 aliphatic heterocycles. The third-order valence-corrected chi connectivity index (χ3v) is 4.34. The molecule has 2 aliphatic rings. The molecule has 0 bridgehead atoms. The van der Waals surface area contributed by atoms with E-state index in [1.165, 1.54) is 38.5 Å². The summed E-state index contributed by atoms with van der Waals surface area (Å²) in [6.45, 7) is 1.93. The minimum atomic E-state index is 0.418. The van der Waals surface area contributed by atoms with Gasteiger partial charge in [-0.05, 0) is 44.1 Å². The molecular weight excluding hydrogens is 188 g/mol. The second kappa shape index (κ2) is 4.81. The molecule has 2 atom stereocenters. The molecule has 0 saturated heterocycles. The molecule has 0 amide bonds. The Labute approximate surface area is 92.7 Å². The first kappa shape index (κ1) is 11.4. The molecule has 3 nitrogen and oxygen atoms in total. The Morgan fingerprint density at radius 1 is 1.33 bits per heavy atom. The molecule has 0 spiro atoms. The van der Waals surface area contributed by atoms with Crippen LogP contribution in [0.3, 0.4) is 0 Å². The van der Waals surface area contributed by atoms with Gasteiger partial charge in [0.1, 0.15) is 0 Å². The molecule has 0 aromatic heterocycles. The lowest BCUT2D eigenvalue weighted by Gasteiger charge is -2.42. The highest BCUT2D eigenvalue weighted by Gasteiger charge is 2.37. The standard InChI is InChI=1S/C12H24N2O/c1-15-11-5-2-4-10(11)14-9-12(8-13)6-3-7-12/h10-11,14H,2-9,13H2,1H3. The van der Waals surface area contributed by atoms with E-state index in [-0.39, 0.29) is 0 Å². The molecule has 3 N–H and O–H groups in total. The summed E-state index contributed by atoms with van der Waals surface area (Å²) in [6, 6.07) is 0.569. The summed E-state index contributed by atoms with van der Waals surface area (Å²) >= 11 is 0. The highest BCUT2D eigenvalue weighted by atomic mass is 16.5. The highest BCUT2D eigenvalue weighted by Crippen LogP contribution is 2.39. The van der Waals surface area contributed by atoms with Gasteiger partial charge in [0.2, 0.25) is 0 Å². The zero-order valence-electron chi connectivity index (χ0n) is 9.80. The van der Waals surface area contributed by atoms with Crippen molar-refractivity contribution in [3.63, 3.8) is 0 Å². The SMILES string of the molecule is COC1CCCC1NCC1(CN)CCC1. The van der Waals surface area contributed by atoms with Crippen LogP contribution in [0.5, 0.6) is 0 Å². The Kier molecular flexibility index (Phi) is 3.65. The van der Waals surface area contributed by atoms with Crippen LogP contribution in [0.2, 0.25) is 0 Å². The minimum Gasteiger partial charge on any atom is -0.380 e. The zero-order chi connectivity index (χ0) is 10.7. The lowest BCUT2D eigenvalue weighted by atomic mass is 9.68. The maximum Gasteiger partial charge on any atom is 0.0724 e. The van der Waals surface area contributed by atoms with Crippen molar-refractivity contribution in [2.75, 3.05) is 20.2 Å². The largest absolute Gasteiger partial charge is 0.380 e. The van der Waals surface area contributed by atoms with Gasteiger partial charge in [-0.15, -0.1) is 0 Å². The third kappa shape index (κ3) is 2.35. The van der Waals surface area contributed by atoms with Crippen LogP contribution in [-0.4, -0.2) is 32.3 Å². The normalized spacial score (nSPS) is 34.0. The predicted molar refractivity (Wildman–Crippen MR) is 61.8 cm³/mol. The molecule has 2 rings (SSSR count). The van der Waals surface area contributed by atoms with Crippen LogP contribution < -0.4 is 11.1 Å². The van der Waals surface area contributed by atoms with Crippen molar-refractivity contribution in [3.8, 4) is 0 Å². The van der Waals surface area contributed by atoms with E-state index >= 15 is 0 Å². The summed E-state index contributed by atoms with van der Waals surface area (Å²) in [5, 5.41) is 3.67. The Morgan fingerprint density at radius 2 is 2.13 bits per heavy atom. The molecule has 15 heavy (non-hydrogen) atoms. The number of ether oxygens (including phenoxy) is 1. The molecule has 2 fully saturated rings. The molecular formula is C12H24N2O. The van der Waals surface area contributed by atoms with E-state index in [0.717, 1.165) is 13.1 Å². The summed E-state index contributed by atoms with van der Waals surface area (Å²) in [5.74, 6) is 0. The lowest BCUT2D eigenvalue weighted by molar-refractivity contribution is 0.0705. The summed E-state index contributed by atoms with van der Waals surface area (Å²) in [7, 11) is 1.83. The molecule has 2 unspecified atom stereocenters. The third-order valence-electron chi connectivity index (χ3n) is 4.34. The molecule has 0 heterocycles. The van der Waals surface area contributed by atoms with Crippen LogP contribution in [0.1, 0.15) is 38.5 Å². The topological polar surface area (TPSA) is 47.3 Å². The van der Waals surface area contributed by atoms with Gasteiger partial charge in [-0.25, -0.2) is 0 Å². The van der Waals surface area contributed by atoms with Gasteiger partial charge in [0, 0.05) is 19.7 Å². The lowest BCUT2D eigenvalue weighted by Crippen LogP contribution is -2.49. The van der Waals surface area contributed by atoms with Crippen LogP contribution in [0.25, 0.3) is 0 Å². The van der Waals surface area contributed by atoms with Crippen molar-refractivity contribution in [3.05, 3.63) is 0 Å². The predicted octanol–water partition coefficient (Wildman–Crippen LogP) is 1.27. The van der Waals surface area contributed by atoms with Gasteiger partial charge in [0.25, 0.3) is 0 Å². The van der Waals surface area contributed by atoms with Gasteiger partial charge < -0.3 is 15.8 Å². The van der Waals surface area contributed by atoms with E-state index in [4.69, 9.17) is 10.5 Å². The Hall–Kier alpha value is -0.120. The van der Waals surface area contributed by atoms with Crippen molar-refractivity contribution >= 4 is 0 Å². The molecule has 2 saturated carbocycles. The highest BCUT2D eigenvalue weighted by molar-refractivity contribution is 4.93. The van der Waals surface area contributed by atoms with Crippen LogP contribution in [-0.2, 0) is 4.74 Å². The van der Waals surface area contributed by atoms with Crippen molar-refractivity contribution in [1.82, 2.24) is 5.32 Å². The summed E-state index contributed by atoms with van der Waals surface area (Å²) < 4.78 is 5.48. The van der Waals surface area contributed by atoms with Gasteiger partial charge in [0.05, 0.1) is 6.10 Å². The Morgan fingerprint density at radius 3 is 2.67 bits per heavy atom. The average molecular weight is 212 g/mol. The first-order chi connectivity index (χ1) is 7.29. The quantitative estimate of drug-likeness (QED) is 0.721. The molecule has 3 heteroatoms. The van der Waals surface area contributed by atoms with Crippen LogP contribution >= 0.6 is 0 Å². The number of nitrogens with two attached hydrogens (primary N) is 1. The second-order valence-corrected chi connectivity index (χ2v) is 5.25. The summed E-state index contributed by atoms with van der Waals surface area (Å²) in [4.78, 5) is 0. The van der Waals surface area contributed by atoms with E-state index in [1.54, 1.807) is 0 Å². The number of methoxy groups -OCH3 is 1. The molecule has 2 aliphatic carbocycles. The molecule has 88 valence electrons. The fourth-order valence-electron chi connectivity index (χ4n) is 2.92. The summed E-state index contributed by atoms with van der Waals surface area (Å²) in [6.07, 6.45) is 8.17. The number of rotatable bonds is 5. The molecule has 0 aromatic carbocycles. The minimum absolute atomic E-state index is 0.418. The van der Waals surface area contributed by atoms with E-state index in [1.807, 2.05) is 7.11 Å². The second-order valence-electron chi connectivity index (χ2n) is 5.25. The molecule has 0 aromatic rings. The van der Waals surface area contributed by atoms with E-state index in [0.29, 0.717) is 17.6 Å². The van der Waals surface area contributed by atoms with Crippen LogP contribution in [0.4, 0.5) is 0 Å². The average Bonchev–Trinajstić information content (AvgIpc) is 2.64. The Balaban J connectivity index is 1.77. The van der Waals surface area contributed by atoms with Gasteiger partial charge in [-0.3, -0.25) is 0 Å². The van der Waals surface area contributed by atoms with Crippen molar-refractivity contribution in [2.24, 2.45) is 11.1 Å².